The monoisotopic (exact) mass is 329 g/mol. The fourth-order valence-corrected chi connectivity index (χ4v) is 0.466. The third-order valence-corrected chi connectivity index (χ3v) is 0.875. The minimum Gasteiger partial charge on any atom is -0.545 e. The molecule has 0 aliphatic carbocycles. The van der Waals surface area contributed by atoms with E-state index < -0.39 is 0 Å². The molecule has 0 radical (unpaired) electrons. The van der Waals surface area contributed by atoms with Gasteiger partial charge in [-0.05, 0) is 14.1 Å². The van der Waals surface area contributed by atoms with E-state index in [9.17, 15) is 0 Å². The Morgan fingerprint density at radius 2 is 1.41 bits per heavy atom. The molecule has 0 amide bonds. The first-order valence-corrected chi connectivity index (χ1v) is 4.72. The second-order valence-corrected chi connectivity index (χ2v) is 3.54. The van der Waals surface area contributed by atoms with Crippen molar-refractivity contribution in [3.05, 3.63) is 17.3 Å². The van der Waals surface area contributed by atoms with Crippen molar-refractivity contribution in [2.45, 2.75) is 27.2 Å². The molecule has 5 heteroatoms. The maximum absolute atomic E-state index is 7.75. The van der Waals surface area contributed by atoms with E-state index in [1.807, 2.05) is 14.1 Å². The predicted octanol–water partition coefficient (Wildman–Crippen LogP) is 1.93. The van der Waals surface area contributed by atoms with Crippen molar-refractivity contribution in [2.24, 2.45) is 0 Å². The summed E-state index contributed by atoms with van der Waals surface area (Å²) in [5.41, 5.74) is 0. The average Bonchev–Trinajstić information content (AvgIpc) is 2.23. The van der Waals surface area contributed by atoms with Crippen LogP contribution in [0, 0.1) is 12.5 Å². The van der Waals surface area contributed by atoms with Gasteiger partial charge in [-0.25, -0.2) is 6.57 Å². The maximum atomic E-state index is 7.75. The number of hydrogen-bond donors (Lipinski definition) is 0. The van der Waals surface area contributed by atoms with Crippen LogP contribution in [0.25, 0.3) is 4.85 Å². The van der Waals surface area contributed by atoms with Gasteiger partial charge in [-0.15, -0.1) is 0 Å². The topological polar surface area (TPSA) is 41.7 Å². The molecule has 0 aromatic carbocycles. The Balaban J connectivity index is -0.0000000457. The van der Waals surface area contributed by atoms with Gasteiger partial charge in [-0.3, -0.25) is 13.6 Å². The first kappa shape index (κ1) is 29.9. The van der Waals surface area contributed by atoms with E-state index in [0.29, 0.717) is 6.54 Å². The van der Waals surface area contributed by atoms with Crippen molar-refractivity contribution >= 4 is 13.6 Å². The summed E-state index contributed by atoms with van der Waals surface area (Å²) in [6.45, 7) is 20.9. The van der Waals surface area contributed by atoms with E-state index in [4.69, 9.17) is 16.2 Å². The van der Waals surface area contributed by atoms with Crippen LogP contribution in [0.3, 0.4) is 0 Å². The Hall–Kier alpha value is -0.587. The minimum absolute atomic E-state index is 0. The van der Waals surface area contributed by atoms with Gasteiger partial charge in [0.25, 0.3) is 0 Å². The van der Waals surface area contributed by atoms with Crippen molar-refractivity contribution in [1.82, 2.24) is 4.90 Å². The van der Waals surface area contributed by atoms with Gasteiger partial charge in [0.1, 0.15) is 0 Å². The Kier molecular flexibility index (Phi) is 63.6. The van der Waals surface area contributed by atoms with Crippen molar-refractivity contribution in [2.75, 3.05) is 27.2 Å². The zero-order chi connectivity index (χ0) is 14.0. The van der Waals surface area contributed by atoms with E-state index in [0.717, 1.165) is 13.0 Å². The molecule has 0 saturated heterocycles. The van der Waals surface area contributed by atoms with Crippen LogP contribution in [0.2, 0.25) is 0 Å². The first-order chi connectivity index (χ1) is 7.50. The Morgan fingerprint density at radius 1 is 1.12 bits per heavy atom. The third-order valence-electron chi connectivity index (χ3n) is 0.875. The van der Waals surface area contributed by atoms with Crippen LogP contribution in [0.4, 0.5) is 0 Å². The molecule has 4 nitrogen and oxygen atoms in total. The molecule has 0 unspecified atom stereocenters. The molecule has 0 rings (SSSR count). The van der Waals surface area contributed by atoms with Gasteiger partial charge in [-0.2, -0.15) is 20.8 Å². The molecule has 0 aromatic heterocycles. The van der Waals surface area contributed by atoms with Crippen LogP contribution >= 0.6 is 0 Å². The summed E-state index contributed by atoms with van der Waals surface area (Å²) in [6, 6.07) is 0. The molecule has 0 saturated carbocycles. The van der Waals surface area contributed by atoms with Crippen LogP contribution < -0.4 is 0 Å². The summed E-state index contributed by atoms with van der Waals surface area (Å²) in [5.74, 6) is 1.42. The summed E-state index contributed by atoms with van der Waals surface area (Å²) in [6.07, 6.45) is 0.997. The van der Waals surface area contributed by atoms with Gasteiger partial charge >= 0.3 is 19.5 Å². The van der Waals surface area contributed by atoms with E-state index in [1.54, 1.807) is 0 Å². The molecular formula is C12H23N2O2Ru+. The Labute approximate surface area is 119 Å². The fourth-order valence-electron chi connectivity index (χ4n) is 0.466. The van der Waals surface area contributed by atoms with E-state index in [-0.39, 0.29) is 19.5 Å². The molecule has 0 bridgehead atoms. The summed E-state index contributed by atoms with van der Waals surface area (Å²) < 4.78 is 0. The van der Waals surface area contributed by atoms with Gasteiger partial charge in [0.2, 0.25) is 6.54 Å². The molecular weight excluding hydrogens is 305 g/mol. The quantitative estimate of drug-likeness (QED) is 0.344. The van der Waals surface area contributed by atoms with E-state index in [2.05, 4.69) is 44.1 Å². The van der Waals surface area contributed by atoms with Gasteiger partial charge in [-0.1, -0.05) is 0 Å². The predicted molar refractivity (Wildman–Crippen MR) is 68.4 cm³/mol. The SMILES string of the molecule is C[C-](C)C.[C-]#[N+]CCCN(C)C.[CH-]=O.[CH-]=O.[Ru+4]. The maximum Gasteiger partial charge on any atom is 4.00 e. The molecule has 0 aliphatic heterocycles. The Bertz CT molecular complexity index is 143. The van der Waals surface area contributed by atoms with Crippen LogP contribution in [-0.2, 0) is 29.1 Å². The summed E-state index contributed by atoms with van der Waals surface area (Å²) in [7, 11) is 4.04. The zero-order valence-corrected chi connectivity index (χ0v) is 13.1. The van der Waals surface area contributed by atoms with Crippen LogP contribution in [-0.4, -0.2) is 45.7 Å². The van der Waals surface area contributed by atoms with Crippen LogP contribution in [0.15, 0.2) is 0 Å². The number of hydrogen-bond acceptors (Lipinski definition) is 3. The molecule has 0 heterocycles. The van der Waals surface area contributed by atoms with Crippen LogP contribution in [0.1, 0.15) is 27.2 Å². The zero-order valence-electron chi connectivity index (χ0n) is 11.3. The standard InChI is InChI=1S/C6H12N2.C4H9.2CHO.Ru/c1-7-5-4-6-8(2)3;1-4(2)3;2*1-2;/h4-6H2,2-3H3;1-3H3;2*1H;/q;3*-1;+4. The average molecular weight is 328 g/mol. The van der Waals surface area contributed by atoms with Crippen molar-refractivity contribution in [3.63, 3.8) is 0 Å². The minimum atomic E-state index is 0. The third kappa shape index (κ3) is 142. The molecule has 0 fully saturated rings. The molecule has 0 spiro atoms. The largest absolute Gasteiger partial charge is 4.00 e. The fraction of sp³-hybridized carbons (Fsp3) is 0.667. The molecule has 17 heavy (non-hydrogen) atoms. The molecule has 0 atom stereocenters. The number of carbonyl (C=O) groups excluding carboxylic acids is 2. The van der Waals surface area contributed by atoms with Crippen LogP contribution in [0.5, 0.6) is 0 Å². The molecule has 0 aliphatic rings. The smallest absolute Gasteiger partial charge is 0.545 e. The number of rotatable bonds is 3. The summed E-state index contributed by atoms with van der Waals surface area (Å²) >= 11 is 0. The van der Waals surface area contributed by atoms with Gasteiger partial charge < -0.3 is 25.3 Å². The summed E-state index contributed by atoms with van der Waals surface area (Å²) in [4.78, 5) is 20.8. The van der Waals surface area contributed by atoms with Gasteiger partial charge in [0.15, 0.2) is 0 Å². The van der Waals surface area contributed by atoms with E-state index >= 15 is 0 Å². The number of nitrogens with zero attached hydrogens (tertiary/aromatic N) is 2. The summed E-state index contributed by atoms with van der Waals surface area (Å²) in [5, 5.41) is 0. The second kappa shape index (κ2) is 36.1. The van der Waals surface area contributed by atoms with Crippen molar-refractivity contribution in [1.29, 1.82) is 0 Å². The van der Waals surface area contributed by atoms with Gasteiger partial charge in [0, 0.05) is 13.0 Å². The molecule has 0 aromatic rings. The Morgan fingerprint density at radius 3 is 1.59 bits per heavy atom. The van der Waals surface area contributed by atoms with Crippen molar-refractivity contribution < 1.29 is 29.1 Å². The van der Waals surface area contributed by atoms with E-state index in [1.165, 1.54) is 5.92 Å². The van der Waals surface area contributed by atoms with Crippen molar-refractivity contribution in [3.8, 4) is 0 Å². The first-order valence-electron chi connectivity index (χ1n) is 4.72. The normalized spacial score (nSPS) is 6.94. The second-order valence-electron chi connectivity index (χ2n) is 3.54. The molecule has 0 N–H and O–H groups in total. The van der Waals surface area contributed by atoms with Gasteiger partial charge in [0.05, 0.1) is 0 Å². The molecule has 100 valence electrons.